The molecule has 0 amide bonds. The first-order valence-corrected chi connectivity index (χ1v) is 5.35. The van der Waals surface area contributed by atoms with Gasteiger partial charge in [0.15, 0.2) is 0 Å². The largest absolute Gasteiger partial charge is 0.0991 e. The Morgan fingerprint density at radius 2 is 2.23 bits per heavy atom. The topological polar surface area (TPSA) is 0 Å². The fourth-order valence-corrected chi connectivity index (χ4v) is 1.64. The number of hydrogen-bond acceptors (Lipinski definition) is 0. The molecule has 0 nitrogen and oxygen atoms in total. The van der Waals surface area contributed by atoms with Gasteiger partial charge in [-0.25, -0.2) is 0 Å². The molecule has 0 saturated heterocycles. The zero-order valence-electron chi connectivity index (χ0n) is 8.63. The van der Waals surface area contributed by atoms with E-state index >= 15 is 0 Å². The van der Waals surface area contributed by atoms with Crippen LogP contribution in [0.5, 0.6) is 0 Å². The van der Waals surface area contributed by atoms with Crippen molar-refractivity contribution in [3.63, 3.8) is 0 Å². The van der Waals surface area contributed by atoms with Crippen LogP contribution in [0.2, 0.25) is 0 Å². The summed E-state index contributed by atoms with van der Waals surface area (Å²) in [7, 11) is 0. The van der Waals surface area contributed by atoms with Crippen molar-refractivity contribution in [2.24, 2.45) is 5.92 Å². The van der Waals surface area contributed by atoms with Crippen molar-refractivity contribution < 1.29 is 0 Å². The van der Waals surface area contributed by atoms with Crippen LogP contribution in [0.1, 0.15) is 39.0 Å². The summed E-state index contributed by atoms with van der Waals surface area (Å²) < 4.78 is 0. The molecule has 0 unspecified atom stereocenters. The molecular formula is C13H20. The molecule has 0 bridgehead atoms. The average Bonchev–Trinajstić information content (AvgIpc) is 2.07. The quantitative estimate of drug-likeness (QED) is 0.549. The van der Waals surface area contributed by atoms with E-state index < -0.39 is 0 Å². The highest BCUT2D eigenvalue weighted by molar-refractivity contribution is 5.23. The minimum absolute atomic E-state index is 0.952. The molecule has 72 valence electrons. The van der Waals surface area contributed by atoms with Crippen LogP contribution in [0.3, 0.4) is 0 Å². The molecular weight excluding hydrogens is 156 g/mol. The van der Waals surface area contributed by atoms with E-state index in [9.17, 15) is 0 Å². The Bertz CT molecular complexity index is 204. The number of rotatable bonds is 5. The van der Waals surface area contributed by atoms with Crippen LogP contribution < -0.4 is 0 Å². The van der Waals surface area contributed by atoms with Gasteiger partial charge in [-0.15, -0.1) is 0 Å². The minimum Gasteiger partial charge on any atom is -0.0991 e. The summed E-state index contributed by atoms with van der Waals surface area (Å²) in [5.74, 6) is 0.952. The molecule has 0 aromatic rings. The van der Waals surface area contributed by atoms with Gasteiger partial charge in [0.25, 0.3) is 0 Å². The molecule has 0 heteroatoms. The lowest BCUT2D eigenvalue weighted by Gasteiger charge is -2.25. The first kappa shape index (κ1) is 10.3. The van der Waals surface area contributed by atoms with Crippen LogP contribution in [-0.2, 0) is 0 Å². The summed E-state index contributed by atoms with van der Waals surface area (Å²) in [6.07, 6.45) is 15.2. The van der Waals surface area contributed by atoms with Crippen LogP contribution in [0.4, 0.5) is 0 Å². The maximum absolute atomic E-state index is 3.75. The summed E-state index contributed by atoms with van der Waals surface area (Å²) in [4.78, 5) is 0. The average molecular weight is 176 g/mol. The predicted molar refractivity (Wildman–Crippen MR) is 59.7 cm³/mol. The van der Waals surface area contributed by atoms with Gasteiger partial charge < -0.3 is 0 Å². The van der Waals surface area contributed by atoms with E-state index in [-0.39, 0.29) is 0 Å². The summed E-state index contributed by atoms with van der Waals surface area (Å²) in [6.45, 7) is 5.92. The van der Waals surface area contributed by atoms with Gasteiger partial charge in [0.2, 0.25) is 0 Å². The first-order valence-electron chi connectivity index (χ1n) is 5.35. The molecule has 0 N–H and O–H groups in total. The van der Waals surface area contributed by atoms with E-state index in [1.807, 2.05) is 6.08 Å². The maximum Gasteiger partial charge on any atom is -0.0250 e. The van der Waals surface area contributed by atoms with Gasteiger partial charge in [0.1, 0.15) is 0 Å². The molecule has 1 rings (SSSR count). The third kappa shape index (κ3) is 3.63. The van der Waals surface area contributed by atoms with E-state index in [0.29, 0.717) is 0 Å². The molecule has 1 aliphatic rings. The second-order valence-electron chi connectivity index (χ2n) is 3.79. The Labute approximate surface area is 82.0 Å². The lowest BCUT2D eigenvalue weighted by molar-refractivity contribution is 0.315. The Hall–Kier alpha value is -0.780. The van der Waals surface area contributed by atoms with E-state index in [1.54, 1.807) is 0 Å². The molecule has 0 atom stereocenters. The molecule has 0 aromatic carbocycles. The SMILES string of the molecule is C=C/C=C(\C=C\CC)CC1CCC1. The molecule has 0 aliphatic heterocycles. The zero-order chi connectivity index (χ0) is 9.52. The van der Waals surface area contributed by atoms with Gasteiger partial charge in [-0.1, -0.05) is 57.1 Å². The standard InChI is InChI=1S/C13H20/c1-3-5-8-12(7-4-2)11-13-9-6-10-13/h4-5,7-8,13H,2-3,6,9-11H2,1H3/b8-5+,12-7+. The van der Waals surface area contributed by atoms with E-state index in [1.165, 1.54) is 31.3 Å². The summed E-state index contributed by atoms with van der Waals surface area (Å²) in [6, 6.07) is 0. The van der Waals surface area contributed by atoms with Gasteiger partial charge >= 0.3 is 0 Å². The van der Waals surface area contributed by atoms with Gasteiger partial charge in [-0.2, -0.15) is 0 Å². The molecule has 1 aliphatic carbocycles. The third-order valence-electron chi connectivity index (χ3n) is 2.65. The molecule has 1 saturated carbocycles. The van der Waals surface area contributed by atoms with Crippen molar-refractivity contribution in [2.75, 3.05) is 0 Å². The van der Waals surface area contributed by atoms with Crippen LogP contribution in [-0.4, -0.2) is 0 Å². The van der Waals surface area contributed by atoms with Gasteiger partial charge in [-0.05, 0) is 24.3 Å². The van der Waals surface area contributed by atoms with Gasteiger partial charge in [-0.3, -0.25) is 0 Å². The van der Waals surface area contributed by atoms with E-state index in [2.05, 4.69) is 31.7 Å². The molecule has 0 aromatic heterocycles. The van der Waals surface area contributed by atoms with Gasteiger partial charge in [0, 0.05) is 0 Å². The van der Waals surface area contributed by atoms with E-state index in [0.717, 1.165) is 12.3 Å². The highest BCUT2D eigenvalue weighted by atomic mass is 14.2. The fraction of sp³-hybridized carbons (Fsp3) is 0.538. The smallest absolute Gasteiger partial charge is 0.0250 e. The molecule has 0 heterocycles. The zero-order valence-corrected chi connectivity index (χ0v) is 8.63. The highest BCUT2D eigenvalue weighted by Gasteiger charge is 2.17. The first-order chi connectivity index (χ1) is 6.36. The summed E-state index contributed by atoms with van der Waals surface area (Å²) in [5, 5.41) is 0. The number of hydrogen-bond donors (Lipinski definition) is 0. The highest BCUT2D eigenvalue weighted by Crippen LogP contribution is 2.32. The van der Waals surface area contributed by atoms with E-state index in [4.69, 9.17) is 0 Å². The number of allylic oxidation sites excluding steroid dienone is 5. The maximum atomic E-state index is 3.75. The third-order valence-corrected chi connectivity index (χ3v) is 2.65. The van der Waals surface area contributed by atoms with Crippen molar-refractivity contribution in [1.29, 1.82) is 0 Å². The summed E-state index contributed by atoms with van der Waals surface area (Å²) >= 11 is 0. The summed E-state index contributed by atoms with van der Waals surface area (Å²) in [5.41, 5.74) is 1.45. The lowest BCUT2D eigenvalue weighted by Crippen LogP contribution is -2.10. The Balaban J connectivity index is 2.41. The Kier molecular flexibility index (Phi) is 4.59. The van der Waals surface area contributed by atoms with Crippen molar-refractivity contribution in [1.82, 2.24) is 0 Å². The molecule has 0 spiro atoms. The predicted octanol–water partition coefficient (Wildman–Crippen LogP) is 4.26. The second kappa shape index (κ2) is 5.80. The Morgan fingerprint density at radius 1 is 1.46 bits per heavy atom. The fourth-order valence-electron chi connectivity index (χ4n) is 1.64. The second-order valence-corrected chi connectivity index (χ2v) is 3.79. The normalized spacial score (nSPS) is 19.0. The van der Waals surface area contributed by atoms with Crippen LogP contribution in [0, 0.1) is 5.92 Å². The molecule has 1 fully saturated rings. The van der Waals surface area contributed by atoms with Crippen LogP contribution in [0.25, 0.3) is 0 Å². The van der Waals surface area contributed by atoms with Gasteiger partial charge in [0.05, 0.1) is 0 Å². The van der Waals surface area contributed by atoms with Crippen LogP contribution in [0.15, 0.2) is 36.5 Å². The molecule has 0 radical (unpaired) electrons. The Morgan fingerprint density at radius 3 is 2.69 bits per heavy atom. The minimum atomic E-state index is 0.952. The molecule has 13 heavy (non-hydrogen) atoms. The van der Waals surface area contributed by atoms with Crippen LogP contribution >= 0.6 is 0 Å². The monoisotopic (exact) mass is 176 g/mol. The lowest BCUT2D eigenvalue weighted by atomic mass is 9.80. The van der Waals surface area contributed by atoms with Crippen molar-refractivity contribution in [3.8, 4) is 0 Å². The van der Waals surface area contributed by atoms with Crippen molar-refractivity contribution in [2.45, 2.75) is 39.0 Å². The van der Waals surface area contributed by atoms with Crippen molar-refractivity contribution in [3.05, 3.63) is 36.5 Å². The van der Waals surface area contributed by atoms with Crippen molar-refractivity contribution >= 4 is 0 Å².